The lowest BCUT2D eigenvalue weighted by Gasteiger charge is -2.30. The molecule has 1 saturated heterocycles. The van der Waals surface area contributed by atoms with Gasteiger partial charge in [0.05, 0.1) is 14.2 Å². The van der Waals surface area contributed by atoms with E-state index in [9.17, 15) is 0 Å². The fraction of sp³-hybridized carbons (Fsp3) is 0.538. The van der Waals surface area contributed by atoms with E-state index in [2.05, 4.69) is 49.9 Å². The Balaban J connectivity index is 0.000000221. The monoisotopic (exact) mass is 397 g/mol. The lowest BCUT2D eigenvalue weighted by Crippen LogP contribution is -2.34. The molecule has 1 fully saturated rings. The largest absolute Gasteiger partial charge is 0.497 e. The molecule has 0 radical (unpaired) electrons. The van der Waals surface area contributed by atoms with Gasteiger partial charge in [0.2, 0.25) is 0 Å². The molecule has 0 N–H and O–H groups in total. The van der Waals surface area contributed by atoms with Crippen LogP contribution in [0.5, 0.6) is 11.5 Å². The standard InChI is InChI=1S/C15H23NO.C11H16O/c1-13-7-10-16(11-8-13)12-9-14-3-5-15(17-2)6-4-14;1-4-5-10-6-7-11(12-3)8-9(10)2/h3-6,13H,7-12H2,1-2H3;6-8H,4-5H2,1-3H3. The SMILES string of the molecule is CCCc1ccc(OC)cc1C.COc1ccc(CCN2CCC(C)CC2)cc1. The van der Waals surface area contributed by atoms with Crippen LogP contribution in [0.15, 0.2) is 42.5 Å². The van der Waals surface area contributed by atoms with Crippen LogP contribution in [0, 0.1) is 12.8 Å². The number of likely N-dealkylation sites (tertiary alicyclic amines) is 1. The number of ether oxygens (including phenoxy) is 2. The number of benzene rings is 2. The Bertz CT molecular complexity index is 703. The summed E-state index contributed by atoms with van der Waals surface area (Å²) < 4.78 is 10.3. The molecule has 0 spiro atoms. The zero-order valence-electron chi connectivity index (χ0n) is 19.0. The highest BCUT2D eigenvalue weighted by Crippen LogP contribution is 2.18. The number of hydrogen-bond acceptors (Lipinski definition) is 3. The molecule has 2 aromatic rings. The number of piperidine rings is 1. The average Bonchev–Trinajstić information content (AvgIpc) is 2.76. The van der Waals surface area contributed by atoms with E-state index < -0.39 is 0 Å². The van der Waals surface area contributed by atoms with Crippen molar-refractivity contribution in [2.45, 2.75) is 52.9 Å². The predicted octanol–water partition coefficient (Wildman–Crippen LogP) is 5.93. The van der Waals surface area contributed by atoms with E-state index in [0.717, 1.165) is 30.3 Å². The molecule has 0 saturated carbocycles. The molecule has 2 aromatic carbocycles. The van der Waals surface area contributed by atoms with Gasteiger partial charge in [0, 0.05) is 6.54 Å². The van der Waals surface area contributed by atoms with Crippen molar-refractivity contribution < 1.29 is 9.47 Å². The summed E-state index contributed by atoms with van der Waals surface area (Å²) in [5.41, 5.74) is 4.17. The summed E-state index contributed by atoms with van der Waals surface area (Å²) in [5, 5.41) is 0. The van der Waals surface area contributed by atoms with E-state index in [1.165, 1.54) is 55.6 Å². The average molecular weight is 398 g/mol. The topological polar surface area (TPSA) is 21.7 Å². The van der Waals surface area contributed by atoms with Crippen molar-refractivity contribution in [1.29, 1.82) is 0 Å². The lowest BCUT2D eigenvalue weighted by molar-refractivity contribution is 0.194. The summed E-state index contributed by atoms with van der Waals surface area (Å²) in [6.45, 7) is 10.4. The molecule has 3 rings (SSSR count). The zero-order chi connectivity index (χ0) is 21.1. The third kappa shape index (κ3) is 8.10. The molecule has 0 bridgehead atoms. The van der Waals surface area contributed by atoms with Crippen molar-refractivity contribution in [3.05, 3.63) is 59.2 Å². The minimum atomic E-state index is 0.923. The first-order valence-corrected chi connectivity index (χ1v) is 11.0. The van der Waals surface area contributed by atoms with Gasteiger partial charge in [0.15, 0.2) is 0 Å². The van der Waals surface area contributed by atoms with Crippen LogP contribution in [-0.4, -0.2) is 38.8 Å². The summed E-state index contributed by atoms with van der Waals surface area (Å²) in [7, 11) is 3.41. The van der Waals surface area contributed by atoms with Gasteiger partial charge in [-0.25, -0.2) is 0 Å². The summed E-state index contributed by atoms with van der Waals surface area (Å²) >= 11 is 0. The van der Waals surface area contributed by atoms with Crippen molar-refractivity contribution in [3.8, 4) is 11.5 Å². The Morgan fingerprint density at radius 2 is 1.52 bits per heavy atom. The molecule has 1 heterocycles. The van der Waals surface area contributed by atoms with Crippen molar-refractivity contribution in [1.82, 2.24) is 4.90 Å². The third-order valence-corrected chi connectivity index (χ3v) is 5.82. The van der Waals surface area contributed by atoms with E-state index in [4.69, 9.17) is 9.47 Å². The minimum absolute atomic E-state index is 0.923. The van der Waals surface area contributed by atoms with E-state index in [-0.39, 0.29) is 0 Å². The van der Waals surface area contributed by atoms with Crippen LogP contribution in [0.3, 0.4) is 0 Å². The molecule has 160 valence electrons. The molecule has 3 nitrogen and oxygen atoms in total. The van der Waals surface area contributed by atoms with E-state index in [0.29, 0.717) is 0 Å². The van der Waals surface area contributed by atoms with Gasteiger partial charge in [0.1, 0.15) is 11.5 Å². The second-order valence-electron chi connectivity index (χ2n) is 8.16. The van der Waals surface area contributed by atoms with Gasteiger partial charge in [-0.2, -0.15) is 0 Å². The highest BCUT2D eigenvalue weighted by molar-refractivity contribution is 5.34. The molecule has 0 aromatic heterocycles. The first-order chi connectivity index (χ1) is 14.0. The van der Waals surface area contributed by atoms with Gasteiger partial charge in [-0.3, -0.25) is 0 Å². The van der Waals surface area contributed by atoms with Crippen LogP contribution >= 0.6 is 0 Å². The van der Waals surface area contributed by atoms with E-state index in [1.807, 2.05) is 18.2 Å². The first-order valence-electron chi connectivity index (χ1n) is 11.0. The molecule has 0 unspecified atom stereocenters. The van der Waals surface area contributed by atoms with Crippen LogP contribution in [0.1, 0.15) is 49.8 Å². The maximum atomic E-state index is 5.17. The second kappa shape index (κ2) is 12.5. The maximum Gasteiger partial charge on any atom is 0.119 e. The second-order valence-corrected chi connectivity index (χ2v) is 8.16. The van der Waals surface area contributed by atoms with Gasteiger partial charge >= 0.3 is 0 Å². The van der Waals surface area contributed by atoms with Crippen LogP contribution in [0.2, 0.25) is 0 Å². The first kappa shape index (κ1) is 23.3. The van der Waals surface area contributed by atoms with E-state index >= 15 is 0 Å². The van der Waals surface area contributed by atoms with E-state index in [1.54, 1.807) is 14.2 Å². The highest BCUT2D eigenvalue weighted by Gasteiger charge is 2.14. The fourth-order valence-electron chi connectivity index (χ4n) is 3.71. The van der Waals surface area contributed by atoms with Gasteiger partial charge in [-0.05, 0) is 92.6 Å². The molecular formula is C26H39NO2. The third-order valence-electron chi connectivity index (χ3n) is 5.82. The van der Waals surface area contributed by atoms with Gasteiger partial charge in [0.25, 0.3) is 0 Å². The van der Waals surface area contributed by atoms with Crippen LogP contribution in [-0.2, 0) is 12.8 Å². The Labute approximate surface area is 178 Å². The molecule has 0 atom stereocenters. The van der Waals surface area contributed by atoms with Gasteiger partial charge in [-0.15, -0.1) is 0 Å². The van der Waals surface area contributed by atoms with Crippen LogP contribution in [0.25, 0.3) is 0 Å². The molecule has 1 aliphatic rings. The smallest absolute Gasteiger partial charge is 0.119 e. The molecule has 0 amide bonds. The summed E-state index contributed by atoms with van der Waals surface area (Å²) in [6.07, 6.45) is 6.24. The molecular weight excluding hydrogens is 358 g/mol. The predicted molar refractivity (Wildman–Crippen MR) is 123 cm³/mol. The quantitative estimate of drug-likeness (QED) is 0.578. The van der Waals surface area contributed by atoms with Crippen molar-refractivity contribution >= 4 is 0 Å². The Hall–Kier alpha value is -2.00. The van der Waals surface area contributed by atoms with Crippen molar-refractivity contribution in [3.63, 3.8) is 0 Å². The number of hydrogen-bond donors (Lipinski definition) is 0. The van der Waals surface area contributed by atoms with Crippen LogP contribution < -0.4 is 9.47 Å². The number of aryl methyl sites for hydroxylation is 2. The normalized spacial score (nSPS) is 14.8. The molecule has 0 aliphatic carbocycles. The highest BCUT2D eigenvalue weighted by atomic mass is 16.5. The van der Waals surface area contributed by atoms with Crippen LogP contribution in [0.4, 0.5) is 0 Å². The maximum absolute atomic E-state index is 5.17. The van der Waals surface area contributed by atoms with Gasteiger partial charge < -0.3 is 14.4 Å². The molecule has 1 aliphatic heterocycles. The van der Waals surface area contributed by atoms with Gasteiger partial charge in [-0.1, -0.05) is 38.5 Å². The summed E-state index contributed by atoms with van der Waals surface area (Å²) in [5.74, 6) is 2.82. The summed E-state index contributed by atoms with van der Waals surface area (Å²) in [4.78, 5) is 2.59. The zero-order valence-corrected chi connectivity index (χ0v) is 19.0. The number of rotatable bonds is 7. The molecule has 29 heavy (non-hydrogen) atoms. The Morgan fingerprint density at radius 3 is 2.07 bits per heavy atom. The lowest BCUT2D eigenvalue weighted by atomic mass is 9.99. The number of nitrogens with zero attached hydrogens (tertiary/aromatic N) is 1. The molecule has 3 heteroatoms. The Morgan fingerprint density at radius 1 is 0.897 bits per heavy atom. The van der Waals surface area contributed by atoms with Crippen molar-refractivity contribution in [2.24, 2.45) is 5.92 Å². The Kier molecular flexibility index (Phi) is 10.1. The minimum Gasteiger partial charge on any atom is -0.497 e. The fourth-order valence-corrected chi connectivity index (χ4v) is 3.71. The summed E-state index contributed by atoms with van der Waals surface area (Å²) in [6, 6.07) is 14.7. The number of methoxy groups -OCH3 is 2. The van der Waals surface area contributed by atoms with Crippen molar-refractivity contribution in [2.75, 3.05) is 33.9 Å².